The predicted molar refractivity (Wildman–Crippen MR) is 58.2 cm³/mol. The summed E-state index contributed by atoms with van der Waals surface area (Å²) < 4.78 is 34.9. The van der Waals surface area contributed by atoms with Crippen LogP contribution in [0.1, 0.15) is 10.4 Å². The molecule has 0 spiro atoms. The maximum Gasteiger partial charge on any atom is 0.414 e. The lowest BCUT2D eigenvalue weighted by atomic mass is 10.3. The zero-order valence-corrected chi connectivity index (χ0v) is 9.86. The fourth-order valence-electron chi connectivity index (χ4n) is 0.739. The minimum atomic E-state index is -4.47. The topological polar surface area (TPSA) is 51.2 Å². The molecule has 0 unspecified atom stereocenters. The van der Waals surface area contributed by atoms with E-state index in [1.165, 1.54) is 24.5 Å². The Kier molecular flexibility index (Phi) is 8.73. The number of aromatic nitrogens is 1. The minimum Gasteiger partial charge on any atom is -0.267 e. The first-order valence-corrected chi connectivity index (χ1v) is 3.88. The van der Waals surface area contributed by atoms with Gasteiger partial charge in [-0.05, 0) is 12.1 Å². The lowest BCUT2D eigenvalue weighted by Crippen LogP contribution is -2.29. The highest BCUT2D eigenvalue weighted by Crippen LogP contribution is 2.13. The van der Waals surface area contributed by atoms with Crippen molar-refractivity contribution in [1.82, 2.24) is 10.5 Å². The molecule has 0 atom stereocenters. The summed E-state index contributed by atoms with van der Waals surface area (Å²) in [6.45, 7) is -1.53. The highest BCUT2D eigenvalue weighted by molar-refractivity contribution is 5.92. The highest BCUT2D eigenvalue weighted by Gasteiger charge is 2.28. The van der Waals surface area contributed by atoms with Crippen molar-refractivity contribution in [3.8, 4) is 0 Å². The van der Waals surface area contributed by atoms with Gasteiger partial charge in [0.25, 0.3) is 5.91 Å². The largest absolute Gasteiger partial charge is 0.414 e. The molecule has 0 bridgehead atoms. The van der Waals surface area contributed by atoms with Crippen molar-refractivity contribution in [3.63, 3.8) is 0 Å². The van der Waals surface area contributed by atoms with Gasteiger partial charge >= 0.3 is 6.18 Å². The zero-order valence-electron chi connectivity index (χ0n) is 8.23. The molecule has 0 aliphatic heterocycles. The van der Waals surface area contributed by atoms with Crippen LogP contribution in [0, 0.1) is 0 Å². The zero-order chi connectivity index (χ0) is 11.3. The van der Waals surface area contributed by atoms with Crippen molar-refractivity contribution in [2.45, 2.75) is 6.18 Å². The molecule has 0 aliphatic carbocycles. The number of halogens is 5. The summed E-state index contributed by atoms with van der Waals surface area (Å²) >= 11 is 0. The summed E-state index contributed by atoms with van der Waals surface area (Å²) in [5.41, 5.74) is 1.78. The van der Waals surface area contributed by atoms with Crippen LogP contribution in [0.3, 0.4) is 0 Å². The second kappa shape index (κ2) is 8.10. The number of nitrogens with zero attached hydrogens (tertiary/aromatic N) is 1. The smallest absolute Gasteiger partial charge is 0.267 e. The molecule has 0 aromatic carbocycles. The van der Waals surface area contributed by atoms with Crippen LogP contribution in [0.25, 0.3) is 0 Å². The number of nitrogens with one attached hydrogen (secondary N) is 1. The maximum absolute atomic E-state index is 11.6. The molecule has 0 aliphatic rings. The summed E-state index contributed by atoms with van der Waals surface area (Å²) in [6.07, 6.45) is -1.82. The van der Waals surface area contributed by atoms with Crippen molar-refractivity contribution in [2.24, 2.45) is 0 Å². The van der Waals surface area contributed by atoms with Crippen molar-refractivity contribution in [1.29, 1.82) is 0 Å². The maximum atomic E-state index is 11.6. The summed E-state index contributed by atoms with van der Waals surface area (Å²) in [6, 6.07) is 2.89. The highest BCUT2D eigenvalue weighted by atomic mass is 35.5. The van der Waals surface area contributed by atoms with Crippen LogP contribution in [-0.2, 0) is 4.84 Å². The molecule has 98 valence electrons. The first-order valence-electron chi connectivity index (χ1n) is 3.88. The Morgan fingerprint density at radius 3 is 2.53 bits per heavy atom. The molecule has 0 saturated carbocycles. The van der Waals surface area contributed by atoms with Crippen LogP contribution >= 0.6 is 24.8 Å². The van der Waals surface area contributed by atoms with E-state index in [0.29, 0.717) is 0 Å². The number of hydrogen-bond acceptors (Lipinski definition) is 3. The van der Waals surface area contributed by atoms with E-state index in [0.717, 1.165) is 0 Å². The molecule has 4 nitrogen and oxygen atoms in total. The second-order valence-corrected chi connectivity index (χ2v) is 2.58. The van der Waals surface area contributed by atoms with E-state index in [2.05, 4.69) is 9.82 Å². The molecule has 9 heteroatoms. The van der Waals surface area contributed by atoms with E-state index in [4.69, 9.17) is 0 Å². The molecular weight excluding hydrogens is 284 g/mol. The van der Waals surface area contributed by atoms with Crippen LogP contribution in [0.4, 0.5) is 13.2 Å². The number of rotatable bonds is 3. The number of carbonyl (C=O) groups excluding carboxylic acids is 1. The molecule has 1 amide bonds. The number of amides is 1. The number of alkyl halides is 3. The van der Waals surface area contributed by atoms with Gasteiger partial charge in [0.15, 0.2) is 6.61 Å². The molecule has 0 radical (unpaired) electrons. The van der Waals surface area contributed by atoms with Gasteiger partial charge in [-0.3, -0.25) is 14.6 Å². The third kappa shape index (κ3) is 7.78. The third-order valence-electron chi connectivity index (χ3n) is 1.32. The average Bonchev–Trinajstić information content (AvgIpc) is 2.17. The molecule has 1 aromatic heterocycles. The fourth-order valence-corrected chi connectivity index (χ4v) is 0.739. The predicted octanol–water partition coefficient (Wildman–Crippen LogP) is 2.15. The Morgan fingerprint density at radius 2 is 2.06 bits per heavy atom. The molecule has 1 rings (SSSR count). The van der Waals surface area contributed by atoms with Crippen molar-refractivity contribution in [2.75, 3.05) is 6.61 Å². The quantitative estimate of drug-likeness (QED) is 0.869. The van der Waals surface area contributed by atoms with E-state index >= 15 is 0 Å². The average molecular weight is 293 g/mol. The van der Waals surface area contributed by atoms with Crippen LogP contribution in [0.15, 0.2) is 24.5 Å². The monoisotopic (exact) mass is 292 g/mol. The third-order valence-corrected chi connectivity index (χ3v) is 1.32. The van der Waals surface area contributed by atoms with Crippen LogP contribution in [-0.4, -0.2) is 23.7 Å². The number of hydroxylamine groups is 1. The van der Waals surface area contributed by atoms with Gasteiger partial charge in [-0.25, -0.2) is 5.48 Å². The standard InChI is InChI=1S/C8H7F3N2O2.2ClH/c9-8(10,11)5-15-13-7(14)6-2-1-3-12-4-6;;/h1-4H,5H2,(H,13,14);2*1H. The Balaban J connectivity index is 0. The van der Waals surface area contributed by atoms with Gasteiger partial charge in [-0.1, -0.05) is 0 Å². The SMILES string of the molecule is Cl.Cl.O=C(NOCC(F)(F)F)c1cccnc1. The molecule has 17 heavy (non-hydrogen) atoms. The Bertz CT molecular complexity index is 335. The van der Waals surface area contributed by atoms with Gasteiger partial charge in [0.2, 0.25) is 0 Å². The number of carbonyl (C=O) groups is 1. The molecule has 0 saturated heterocycles. The molecule has 1 heterocycles. The lowest BCUT2D eigenvalue weighted by molar-refractivity contribution is -0.184. The van der Waals surface area contributed by atoms with Gasteiger partial charge < -0.3 is 0 Å². The van der Waals surface area contributed by atoms with E-state index in [1.54, 1.807) is 5.48 Å². The van der Waals surface area contributed by atoms with Crippen LogP contribution in [0.5, 0.6) is 0 Å². The van der Waals surface area contributed by atoms with Gasteiger partial charge in [-0.15, -0.1) is 24.8 Å². The minimum absolute atomic E-state index is 0. The van der Waals surface area contributed by atoms with Crippen molar-refractivity contribution < 1.29 is 22.8 Å². The Morgan fingerprint density at radius 1 is 1.41 bits per heavy atom. The van der Waals surface area contributed by atoms with Crippen LogP contribution < -0.4 is 5.48 Å². The fraction of sp³-hybridized carbons (Fsp3) is 0.250. The Labute approximate surface area is 107 Å². The molecule has 1 aromatic rings. The van der Waals surface area contributed by atoms with Crippen molar-refractivity contribution in [3.05, 3.63) is 30.1 Å². The normalized spacial score (nSPS) is 9.82. The van der Waals surface area contributed by atoms with E-state index in [-0.39, 0.29) is 30.4 Å². The van der Waals surface area contributed by atoms with E-state index < -0.39 is 18.7 Å². The Hall–Kier alpha value is -1.05. The van der Waals surface area contributed by atoms with Gasteiger partial charge in [0.05, 0.1) is 5.56 Å². The number of pyridine rings is 1. The van der Waals surface area contributed by atoms with Crippen molar-refractivity contribution >= 4 is 30.7 Å². The van der Waals surface area contributed by atoms with E-state index in [1.807, 2.05) is 0 Å². The number of hydrogen-bond donors (Lipinski definition) is 1. The second-order valence-electron chi connectivity index (χ2n) is 2.58. The molecule has 0 fully saturated rings. The van der Waals surface area contributed by atoms with Gasteiger partial charge in [0.1, 0.15) is 0 Å². The summed E-state index contributed by atoms with van der Waals surface area (Å²) in [7, 11) is 0. The van der Waals surface area contributed by atoms with Crippen LogP contribution in [0.2, 0.25) is 0 Å². The molecule has 1 N–H and O–H groups in total. The summed E-state index contributed by atoms with van der Waals surface area (Å²) in [4.78, 5) is 18.7. The van der Waals surface area contributed by atoms with E-state index in [9.17, 15) is 18.0 Å². The first kappa shape index (κ1) is 18.3. The summed E-state index contributed by atoms with van der Waals surface area (Å²) in [5.74, 6) is -0.771. The first-order chi connectivity index (χ1) is 6.99. The molecular formula is C8H9Cl2F3N2O2. The van der Waals surface area contributed by atoms with Gasteiger partial charge in [-0.2, -0.15) is 13.2 Å². The van der Waals surface area contributed by atoms with Gasteiger partial charge in [0, 0.05) is 12.4 Å². The lowest BCUT2D eigenvalue weighted by Gasteiger charge is -2.07. The summed E-state index contributed by atoms with van der Waals surface area (Å²) in [5, 5.41) is 0.